The number of nitrogens with two attached hydrogens (primary N) is 1. The third-order valence-electron chi connectivity index (χ3n) is 2.50. The average molecular weight is 169 g/mol. The van der Waals surface area contributed by atoms with E-state index < -0.39 is 0 Å². The van der Waals surface area contributed by atoms with Crippen LogP contribution in [0.5, 0.6) is 0 Å². The summed E-state index contributed by atoms with van der Waals surface area (Å²) in [5, 5.41) is 0. The van der Waals surface area contributed by atoms with E-state index in [9.17, 15) is 0 Å². The first-order valence-electron chi connectivity index (χ1n) is 4.79. The standard InChI is InChI=1S/C10H19NO/c1-9(3-2-6-11)10-4-7-12-8-5-10/h3,10H,2,4-8,11H2,1H3. The molecule has 0 spiro atoms. The van der Waals surface area contributed by atoms with E-state index in [1.807, 2.05) is 0 Å². The third-order valence-corrected chi connectivity index (χ3v) is 2.50. The zero-order valence-electron chi connectivity index (χ0n) is 7.88. The fourth-order valence-corrected chi connectivity index (χ4v) is 1.63. The minimum Gasteiger partial charge on any atom is -0.381 e. The Morgan fingerprint density at radius 3 is 2.75 bits per heavy atom. The van der Waals surface area contributed by atoms with Crippen LogP contribution in [0.4, 0.5) is 0 Å². The quantitative estimate of drug-likeness (QED) is 0.653. The Bertz CT molecular complexity index is 148. The molecule has 0 aliphatic carbocycles. The Balaban J connectivity index is 2.33. The van der Waals surface area contributed by atoms with Crippen LogP contribution in [0.2, 0.25) is 0 Å². The van der Waals surface area contributed by atoms with Crippen molar-refractivity contribution in [2.45, 2.75) is 26.2 Å². The lowest BCUT2D eigenvalue weighted by atomic mass is 9.92. The zero-order chi connectivity index (χ0) is 8.81. The van der Waals surface area contributed by atoms with Gasteiger partial charge < -0.3 is 10.5 Å². The van der Waals surface area contributed by atoms with E-state index in [-0.39, 0.29) is 0 Å². The Morgan fingerprint density at radius 1 is 1.50 bits per heavy atom. The SMILES string of the molecule is CC(=CCCN)C1CCOCC1. The molecule has 0 unspecified atom stereocenters. The molecule has 2 nitrogen and oxygen atoms in total. The van der Waals surface area contributed by atoms with Crippen molar-refractivity contribution in [1.29, 1.82) is 0 Å². The number of hydrogen-bond acceptors (Lipinski definition) is 2. The molecule has 2 heteroatoms. The van der Waals surface area contributed by atoms with Crippen molar-refractivity contribution in [3.05, 3.63) is 11.6 Å². The smallest absolute Gasteiger partial charge is 0.0471 e. The molecule has 0 aromatic rings. The molecular weight excluding hydrogens is 150 g/mol. The maximum atomic E-state index is 5.44. The van der Waals surface area contributed by atoms with E-state index in [1.54, 1.807) is 0 Å². The van der Waals surface area contributed by atoms with Gasteiger partial charge in [-0.1, -0.05) is 11.6 Å². The molecular formula is C10H19NO. The van der Waals surface area contributed by atoms with E-state index in [1.165, 1.54) is 18.4 Å². The van der Waals surface area contributed by atoms with Crippen LogP contribution in [-0.4, -0.2) is 19.8 Å². The normalized spacial score (nSPS) is 21.3. The second kappa shape index (κ2) is 5.33. The molecule has 1 fully saturated rings. The fourth-order valence-electron chi connectivity index (χ4n) is 1.63. The van der Waals surface area contributed by atoms with Crippen LogP contribution in [-0.2, 0) is 4.74 Å². The van der Waals surface area contributed by atoms with Gasteiger partial charge in [-0.25, -0.2) is 0 Å². The largest absolute Gasteiger partial charge is 0.381 e. The lowest BCUT2D eigenvalue weighted by molar-refractivity contribution is 0.0757. The molecule has 0 aromatic heterocycles. The highest BCUT2D eigenvalue weighted by molar-refractivity contribution is 5.04. The van der Waals surface area contributed by atoms with Crippen molar-refractivity contribution in [2.75, 3.05) is 19.8 Å². The van der Waals surface area contributed by atoms with Gasteiger partial charge in [0.15, 0.2) is 0 Å². The zero-order valence-corrected chi connectivity index (χ0v) is 7.88. The summed E-state index contributed by atoms with van der Waals surface area (Å²) in [6.45, 7) is 4.84. The lowest BCUT2D eigenvalue weighted by Crippen LogP contribution is -2.16. The Hall–Kier alpha value is -0.340. The van der Waals surface area contributed by atoms with Gasteiger partial charge in [0.05, 0.1) is 0 Å². The summed E-state index contributed by atoms with van der Waals surface area (Å²) < 4.78 is 5.30. The van der Waals surface area contributed by atoms with Gasteiger partial charge in [0.2, 0.25) is 0 Å². The first-order chi connectivity index (χ1) is 5.84. The van der Waals surface area contributed by atoms with Crippen LogP contribution in [0.1, 0.15) is 26.2 Å². The molecule has 1 saturated heterocycles. The summed E-state index contributed by atoms with van der Waals surface area (Å²) in [5.41, 5.74) is 6.94. The van der Waals surface area contributed by atoms with Crippen LogP contribution in [0, 0.1) is 5.92 Å². The van der Waals surface area contributed by atoms with Crippen molar-refractivity contribution in [2.24, 2.45) is 11.7 Å². The molecule has 1 heterocycles. The second-order valence-electron chi connectivity index (χ2n) is 3.41. The third kappa shape index (κ3) is 2.95. The summed E-state index contributed by atoms with van der Waals surface area (Å²) >= 11 is 0. The van der Waals surface area contributed by atoms with Crippen LogP contribution < -0.4 is 5.73 Å². The van der Waals surface area contributed by atoms with Crippen LogP contribution in [0.25, 0.3) is 0 Å². The van der Waals surface area contributed by atoms with E-state index in [0.29, 0.717) is 0 Å². The molecule has 0 radical (unpaired) electrons. The highest BCUT2D eigenvalue weighted by atomic mass is 16.5. The average Bonchev–Trinajstić information content (AvgIpc) is 2.15. The molecule has 0 amide bonds. The van der Waals surface area contributed by atoms with E-state index in [2.05, 4.69) is 13.0 Å². The van der Waals surface area contributed by atoms with Gasteiger partial charge in [-0.3, -0.25) is 0 Å². The predicted molar refractivity (Wildman–Crippen MR) is 51.0 cm³/mol. The molecule has 1 aliphatic heterocycles. The van der Waals surface area contributed by atoms with Gasteiger partial charge in [-0.2, -0.15) is 0 Å². The maximum absolute atomic E-state index is 5.44. The number of allylic oxidation sites excluding steroid dienone is 1. The van der Waals surface area contributed by atoms with Crippen molar-refractivity contribution in [3.8, 4) is 0 Å². The van der Waals surface area contributed by atoms with Gasteiger partial charge in [-0.05, 0) is 38.6 Å². The van der Waals surface area contributed by atoms with E-state index in [0.717, 1.165) is 32.1 Å². The molecule has 0 atom stereocenters. The highest BCUT2D eigenvalue weighted by Gasteiger charge is 2.14. The fraction of sp³-hybridized carbons (Fsp3) is 0.800. The summed E-state index contributed by atoms with van der Waals surface area (Å²) in [7, 11) is 0. The topological polar surface area (TPSA) is 35.2 Å². The van der Waals surface area contributed by atoms with Gasteiger partial charge in [0, 0.05) is 13.2 Å². The Morgan fingerprint density at radius 2 is 2.17 bits per heavy atom. The summed E-state index contributed by atoms with van der Waals surface area (Å²) in [6, 6.07) is 0. The molecule has 0 aromatic carbocycles. The van der Waals surface area contributed by atoms with E-state index in [4.69, 9.17) is 10.5 Å². The van der Waals surface area contributed by atoms with Crippen molar-refractivity contribution < 1.29 is 4.74 Å². The summed E-state index contributed by atoms with van der Waals surface area (Å²) in [4.78, 5) is 0. The van der Waals surface area contributed by atoms with Crippen molar-refractivity contribution in [3.63, 3.8) is 0 Å². The molecule has 2 N–H and O–H groups in total. The predicted octanol–water partition coefficient (Wildman–Crippen LogP) is 1.71. The molecule has 1 rings (SSSR count). The van der Waals surface area contributed by atoms with E-state index >= 15 is 0 Å². The maximum Gasteiger partial charge on any atom is 0.0471 e. The molecule has 1 aliphatic rings. The molecule has 12 heavy (non-hydrogen) atoms. The van der Waals surface area contributed by atoms with Crippen molar-refractivity contribution in [1.82, 2.24) is 0 Å². The minimum absolute atomic E-state index is 0.755. The first-order valence-corrected chi connectivity index (χ1v) is 4.79. The van der Waals surface area contributed by atoms with Crippen molar-refractivity contribution >= 4 is 0 Å². The monoisotopic (exact) mass is 169 g/mol. The highest BCUT2D eigenvalue weighted by Crippen LogP contribution is 2.22. The summed E-state index contributed by atoms with van der Waals surface area (Å²) in [5.74, 6) is 0.755. The minimum atomic E-state index is 0.755. The number of hydrogen-bond donors (Lipinski definition) is 1. The second-order valence-corrected chi connectivity index (χ2v) is 3.41. The Kier molecular flexibility index (Phi) is 4.33. The van der Waals surface area contributed by atoms with Gasteiger partial charge in [0.25, 0.3) is 0 Å². The number of rotatable bonds is 3. The summed E-state index contributed by atoms with van der Waals surface area (Å²) in [6.07, 6.45) is 5.67. The number of ether oxygens (including phenoxy) is 1. The van der Waals surface area contributed by atoms with Crippen LogP contribution >= 0.6 is 0 Å². The molecule has 70 valence electrons. The molecule has 0 saturated carbocycles. The first kappa shape index (κ1) is 9.75. The van der Waals surface area contributed by atoms with Gasteiger partial charge >= 0.3 is 0 Å². The van der Waals surface area contributed by atoms with Crippen LogP contribution in [0.3, 0.4) is 0 Å². The van der Waals surface area contributed by atoms with Crippen LogP contribution in [0.15, 0.2) is 11.6 Å². The van der Waals surface area contributed by atoms with Gasteiger partial charge in [0.1, 0.15) is 0 Å². The lowest BCUT2D eigenvalue weighted by Gasteiger charge is -2.22. The van der Waals surface area contributed by atoms with Gasteiger partial charge in [-0.15, -0.1) is 0 Å². The molecule has 0 bridgehead atoms. The Labute approximate surface area is 74.8 Å².